The van der Waals surface area contributed by atoms with Gasteiger partial charge in [0.1, 0.15) is 17.8 Å². The molecule has 3 N–H and O–H groups in total. The maximum atomic E-state index is 12.7. The summed E-state index contributed by atoms with van der Waals surface area (Å²) in [5.41, 5.74) is -1.46. The minimum absolute atomic E-state index is 0.0636. The van der Waals surface area contributed by atoms with Gasteiger partial charge in [-0.05, 0) is 44.9 Å². The van der Waals surface area contributed by atoms with E-state index in [1.54, 1.807) is 20.8 Å². The van der Waals surface area contributed by atoms with Crippen LogP contribution >= 0.6 is 0 Å². The minimum Gasteiger partial charge on any atom is -0.444 e. The molecule has 5 nitrogen and oxygen atoms in total. The molecule has 136 valence electrons. The van der Waals surface area contributed by atoms with Crippen molar-refractivity contribution in [3.8, 4) is 0 Å². The van der Waals surface area contributed by atoms with E-state index in [9.17, 15) is 28.2 Å². The molecule has 1 rings (SSSR count). The number of aliphatic hydroxyl groups excluding tert-OH is 2. The molecule has 0 aliphatic heterocycles. The summed E-state index contributed by atoms with van der Waals surface area (Å²) in [6, 6.07) is 3.10. The molecule has 0 fully saturated rings. The number of halogens is 3. The highest BCUT2D eigenvalue weighted by molar-refractivity contribution is 5.67. The summed E-state index contributed by atoms with van der Waals surface area (Å²) in [5.74, 6) is 0. The summed E-state index contributed by atoms with van der Waals surface area (Å²) < 4.78 is 43.1. The highest BCUT2D eigenvalue weighted by Gasteiger charge is 2.32. The van der Waals surface area contributed by atoms with Crippen molar-refractivity contribution in [3.63, 3.8) is 0 Å². The Hall–Kier alpha value is -1.80. The molecule has 0 aromatic heterocycles. The molecule has 1 aromatic rings. The van der Waals surface area contributed by atoms with Crippen LogP contribution in [0.25, 0.3) is 0 Å². The third-order valence-corrected chi connectivity index (χ3v) is 3.12. The number of nitrogens with one attached hydrogen (secondary N) is 1. The van der Waals surface area contributed by atoms with Crippen LogP contribution in [0.3, 0.4) is 0 Å². The monoisotopic (exact) mass is 349 g/mol. The molecule has 0 radical (unpaired) electrons. The normalized spacial score (nSPS) is 14.9. The fourth-order valence-electron chi connectivity index (χ4n) is 2.02. The highest BCUT2D eigenvalue weighted by atomic mass is 19.4. The van der Waals surface area contributed by atoms with Gasteiger partial charge in [-0.3, -0.25) is 0 Å². The smallest absolute Gasteiger partial charge is 0.416 e. The standard InChI is InChI=1S/C16H22F3NO4/c1-9-7-10(5-6-11(9)16(17,18)19)13(22)12(21)8-20-14(23)24-15(2,3)4/h5-7,12-13,21-22H,8H2,1-4H3,(H,20,23). The molecule has 0 saturated carbocycles. The van der Waals surface area contributed by atoms with Crippen LogP contribution < -0.4 is 5.32 Å². The summed E-state index contributed by atoms with van der Waals surface area (Å²) in [4.78, 5) is 11.5. The predicted molar refractivity (Wildman–Crippen MR) is 81.4 cm³/mol. The first-order valence-electron chi connectivity index (χ1n) is 7.32. The second-order valence-corrected chi connectivity index (χ2v) is 6.47. The molecular weight excluding hydrogens is 327 g/mol. The molecule has 0 bridgehead atoms. The summed E-state index contributed by atoms with van der Waals surface area (Å²) in [5, 5.41) is 22.2. The average Bonchev–Trinajstić information content (AvgIpc) is 2.40. The third kappa shape index (κ3) is 6.01. The average molecular weight is 349 g/mol. The van der Waals surface area contributed by atoms with Crippen molar-refractivity contribution in [1.29, 1.82) is 0 Å². The molecule has 0 saturated heterocycles. The van der Waals surface area contributed by atoms with Crippen LogP contribution in [-0.4, -0.2) is 34.6 Å². The zero-order valence-electron chi connectivity index (χ0n) is 13.9. The molecule has 0 spiro atoms. The largest absolute Gasteiger partial charge is 0.444 e. The zero-order chi connectivity index (χ0) is 18.7. The molecule has 2 atom stereocenters. The number of alkyl carbamates (subject to hydrolysis) is 1. The van der Waals surface area contributed by atoms with Crippen molar-refractivity contribution in [1.82, 2.24) is 5.32 Å². The summed E-state index contributed by atoms with van der Waals surface area (Å²) in [6.07, 6.45) is -8.09. The lowest BCUT2D eigenvalue weighted by Gasteiger charge is -2.22. The van der Waals surface area contributed by atoms with Crippen LogP contribution in [0.2, 0.25) is 0 Å². The van der Waals surface area contributed by atoms with Gasteiger partial charge in [-0.2, -0.15) is 13.2 Å². The Morgan fingerprint density at radius 1 is 1.25 bits per heavy atom. The van der Waals surface area contributed by atoms with E-state index in [4.69, 9.17) is 4.74 Å². The quantitative estimate of drug-likeness (QED) is 0.781. The van der Waals surface area contributed by atoms with E-state index in [1.807, 2.05) is 0 Å². The van der Waals surface area contributed by atoms with E-state index < -0.39 is 35.6 Å². The molecule has 8 heteroatoms. The molecule has 24 heavy (non-hydrogen) atoms. The number of alkyl halides is 3. The maximum Gasteiger partial charge on any atom is 0.416 e. The lowest BCUT2D eigenvalue weighted by molar-refractivity contribution is -0.138. The molecule has 0 heterocycles. The van der Waals surface area contributed by atoms with Gasteiger partial charge in [0.2, 0.25) is 0 Å². The van der Waals surface area contributed by atoms with Crippen molar-refractivity contribution < 1.29 is 32.9 Å². The van der Waals surface area contributed by atoms with Crippen LogP contribution in [0.4, 0.5) is 18.0 Å². The summed E-state index contributed by atoms with van der Waals surface area (Å²) in [6.45, 7) is 5.97. The number of hydrogen-bond donors (Lipinski definition) is 3. The number of aliphatic hydroxyl groups is 2. The lowest BCUT2D eigenvalue weighted by Crippen LogP contribution is -2.38. The number of carbonyl (C=O) groups excluding carboxylic acids is 1. The van der Waals surface area contributed by atoms with Crippen molar-refractivity contribution in [2.75, 3.05) is 6.54 Å². The Morgan fingerprint density at radius 3 is 2.29 bits per heavy atom. The Morgan fingerprint density at radius 2 is 1.83 bits per heavy atom. The van der Waals surface area contributed by atoms with E-state index >= 15 is 0 Å². The molecule has 2 unspecified atom stereocenters. The molecule has 0 aliphatic carbocycles. The molecule has 0 aliphatic rings. The highest BCUT2D eigenvalue weighted by Crippen LogP contribution is 2.33. The number of benzene rings is 1. The van der Waals surface area contributed by atoms with E-state index in [0.29, 0.717) is 0 Å². The van der Waals surface area contributed by atoms with Gasteiger partial charge in [-0.15, -0.1) is 0 Å². The summed E-state index contributed by atoms with van der Waals surface area (Å²) >= 11 is 0. The SMILES string of the molecule is Cc1cc(C(O)C(O)CNC(=O)OC(C)(C)C)ccc1C(F)(F)F. The number of aryl methyl sites for hydroxylation is 1. The Bertz CT molecular complexity index is 582. The van der Waals surface area contributed by atoms with Gasteiger partial charge in [-0.1, -0.05) is 12.1 Å². The third-order valence-electron chi connectivity index (χ3n) is 3.12. The van der Waals surface area contributed by atoms with Gasteiger partial charge in [0.05, 0.1) is 5.56 Å². The van der Waals surface area contributed by atoms with Crippen molar-refractivity contribution in [3.05, 3.63) is 34.9 Å². The molecule has 1 aromatic carbocycles. The second kappa shape index (κ2) is 7.40. The van der Waals surface area contributed by atoms with E-state index in [1.165, 1.54) is 6.92 Å². The number of carbonyl (C=O) groups is 1. The number of hydrogen-bond acceptors (Lipinski definition) is 4. The minimum atomic E-state index is -4.48. The number of rotatable bonds is 4. The molecule has 1 amide bonds. The fraction of sp³-hybridized carbons (Fsp3) is 0.562. The van der Waals surface area contributed by atoms with Crippen LogP contribution in [0, 0.1) is 6.92 Å². The number of ether oxygens (including phenoxy) is 1. The molecular formula is C16H22F3NO4. The van der Waals surface area contributed by atoms with Gasteiger partial charge in [0.15, 0.2) is 0 Å². The van der Waals surface area contributed by atoms with Crippen molar-refractivity contribution >= 4 is 6.09 Å². The van der Waals surface area contributed by atoms with Gasteiger partial charge in [0.25, 0.3) is 0 Å². The second-order valence-electron chi connectivity index (χ2n) is 6.47. The Kier molecular flexibility index (Phi) is 6.24. The summed E-state index contributed by atoms with van der Waals surface area (Å²) in [7, 11) is 0. The van der Waals surface area contributed by atoms with Crippen LogP contribution in [-0.2, 0) is 10.9 Å². The predicted octanol–water partition coefficient (Wildman–Crippen LogP) is 2.93. The van der Waals surface area contributed by atoms with E-state index in [0.717, 1.165) is 18.2 Å². The van der Waals surface area contributed by atoms with Crippen LogP contribution in [0.1, 0.15) is 43.6 Å². The Labute approximate surface area is 138 Å². The van der Waals surface area contributed by atoms with Gasteiger partial charge in [0, 0.05) is 6.54 Å². The topological polar surface area (TPSA) is 78.8 Å². The van der Waals surface area contributed by atoms with E-state index in [2.05, 4.69) is 5.32 Å². The maximum absolute atomic E-state index is 12.7. The lowest BCUT2D eigenvalue weighted by atomic mass is 9.98. The van der Waals surface area contributed by atoms with Gasteiger partial charge >= 0.3 is 12.3 Å². The Balaban J connectivity index is 2.71. The van der Waals surface area contributed by atoms with Crippen LogP contribution in [0.5, 0.6) is 0 Å². The van der Waals surface area contributed by atoms with Crippen molar-refractivity contribution in [2.24, 2.45) is 0 Å². The first kappa shape index (κ1) is 20.2. The number of amides is 1. The van der Waals surface area contributed by atoms with Gasteiger partial charge in [-0.25, -0.2) is 4.79 Å². The van der Waals surface area contributed by atoms with Crippen molar-refractivity contribution in [2.45, 2.75) is 51.7 Å². The fourth-order valence-corrected chi connectivity index (χ4v) is 2.02. The zero-order valence-corrected chi connectivity index (χ0v) is 13.9. The van der Waals surface area contributed by atoms with E-state index in [-0.39, 0.29) is 17.7 Å². The van der Waals surface area contributed by atoms with Gasteiger partial charge < -0.3 is 20.3 Å². The van der Waals surface area contributed by atoms with Crippen LogP contribution in [0.15, 0.2) is 18.2 Å². The first-order chi connectivity index (χ1) is 10.8. The first-order valence-corrected chi connectivity index (χ1v) is 7.32.